The number of amides is 1. The minimum absolute atomic E-state index is 0.00463. The fourth-order valence-corrected chi connectivity index (χ4v) is 4.46. The number of phenols is 1. The van der Waals surface area contributed by atoms with Crippen LogP contribution >= 0.6 is 11.6 Å². The maximum absolute atomic E-state index is 13.4. The van der Waals surface area contributed by atoms with Gasteiger partial charge in [0, 0.05) is 12.1 Å². The molecule has 192 valence electrons. The van der Waals surface area contributed by atoms with Gasteiger partial charge in [0.1, 0.15) is 23.1 Å². The number of aliphatic hydroxyl groups excluding tert-OH is 1. The Kier molecular flexibility index (Phi) is 8.14. The fourth-order valence-electron chi connectivity index (χ4n) is 4.28. The minimum atomic E-state index is -0.979. The van der Waals surface area contributed by atoms with Crippen molar-refractivity contribution >= 4 is 29.1 Å². The smallest absolute Gasteiger partial charge is 0.295 e. The Bertz CT molecular complexity index is 1320. The highest BCUT2D eigenvalue weighted by Gasteiger charge is 2.46. The molecule has 4 rings (SSSR count). The van der Waals surface area contributed by atoms with Gasteiger partial charge in [0.15, 0.2) is 0 Å². The number of ketones is 1. The van der Waals surface area contributed by atoms with E-state index < -0.39 is 23.5 Å². The van der Waals surface area contributed by atoms with E-state index in [1.54, 1.807) is 24.3 Å². The molecule has 6 nitrogen and oxygen atoms in total. The highest BCUT2D eigenvalue weighted by atomic mass is 35.5. The minimum Gasteiger partial charge on any atom is -0.507 e. The molecule has 1 atom stereocenters. The van der Waals surface area contributed by atoms with Crippen LogP contribution in [0.2, 0.25) is 5.02 Å². The highest BCUT2D eigenvalue weighted by Crippen LogP contribution is 2.42. The molecule has 0 bridgehead atoms. The van der Waals surface area contributed by atoms with Gasteiger partial charge in [-0.3, -0.25) is 9.59 Å². The van der Waals surface area contributed by atoms with Crippen LogP contribution in [0.15, 0.2) is 72.3 Å². The van der Waals surface area contributed by atoms with Gasteiger partial charge in [0.25, 0.3) is 11.7 Å². The number of aliphatic hydroxyl groups is 1. The van der Waals surface area contributed by atoms with Crippen molar-refractivity contribution in [1.29, 1.82) is 0 Å². The number of ether oxygens (including phenoxy) is 1. The number of carbonyl (C=O) groups is 2. The van der Waals surface area contributed by atoms with E-state index in [4.69, 9.17) is 16.3 Å². The first-order valence-electron chi connectivity index (χ1n) is 12.0. The summed E-state index contributed by atoms with van der Waals surface area (Å²) in [5.41, 5.74) is 1.27. The standard InChI is InChI=1S/C29H27ClFNO5/c1-2-3-4-15-37-22-12-7-19(8-13-22)27(34)25-26(20-9-14-24(33)23(30)16-20)32(29(36)28(25)35)17-18-5-10-21(31)11-6-18/h5-14,16,26,33-34H,2-4,15,17H2,1H3/b27-25-. The number of phenolic OH excluding ortho intramolecular Hbond substituents is 1. The highest BCUT2D eigenvalue weighted by molar-refractivity contribution is 6.46. The van der Waals surface area contributed by atoms with E-state index in [1.165, 1.54) is 47.4 Å². The second kappa shape index (κ2) is 11.5. The van der Waals surface area contributed by atoms with Crippen molar-refractivity contribution in [2.24, 2.45) is 0 Å². The number of likely N-dealkylation sites (tertiary alicyclic amines) is 1. The third-order valence-electron chi connectivity index (χ3n) is 6.24. The van der Waals surface area contributed by atoms with Gasteiger partial charge in [-0.2, -0.15) is 0 Å². The molecule has 1 heterocycles. The van der Waals surface area contributed by atoms with E-state index in [2.05, 4.69) is 6.92 Å². The van der Waals surface area contributed by atoms with Crippen molar-refractivity contribution in [2.45, 2.75) is 38.8 Å². The number of hydrogen-bond donors (Lipinski definition) is 2. The first-order chi connectivity index (χ1) is 17.8. The normalized spacial score (nSPS) is 16.8. The monoisotopic (exact) mass is 523 g/mol. The number of halogens is 2. The van der Waals surface area contributed by atoms with Crippen LogP contribution in [-0.4, -0.2) is 33.4 Å². The number of nitrogens with zero attached hydrogens (tertiary/aromatic N) is 1. The van der Waals surface area contributed by atoms with Crippen molar-refractivity contribution in [3.63, 3.8) is 0 Å². The largest absolute Gasteiger partial charge is 0.507 e. The molecule has 0 spiro atoms. The molecule has 0 aromatic heterocycles. The predicted octanol–water partition coefficient (Wildman–Crippen LogP) is 6.38. The third kappa shape index (κ3) is 5.78. The molecular weight excluding hydrogens is 497 g/mol. The van der Waals surface area contributed by atoms with Gasteiger partial charge in [-0.25, -0.2) is 4.39 Å². The number of carbonyl (C=O) groups excluding carboxylic acids is 2. The summed E-state index contributed by atoms with van der Waals surface area (Å²) in [5, 5.41) is 21.2. The molecule has 1 unspecified atom stereocenters. The van der Waals surface area contributed by atoms with Gasteiger partial charge in [0.05, 0.1) is 23.2 Å². The summed E-state index contributed by atoms with van der Waals surface area (Å²) < 4.78 is 19.1. The first kappa shape index (κ1) is 26.2. The number of Topliss-reactive ketones (excluding diaryl/α,β-unsaturated/α-hetero) is 1. The van der Waals surface area contributed by atoms with Crippen molar-refractivity contribution < 1.29 is 28.9 Å². The average Bonchev–Trinajstić information content (AvgIpc) is 3.14. The second-order valence-corrected chi connectivity index (χ2v) is 9.25. The Hall–Kier alpha value is -3.84. The second-order valence-electron chi connectivity index (χ2n) is 8.84. The Morgan fingerprint density at radius 3 is 2.38 bits per heavy atom. The lowest BCUT2D eigenvalue weighted by molar-refractivity contribution is -0.140. The molecule has 1 aliphatic rings. The van der Waals surface area contributed by atoms with Crippen molar-refractivity contribution in [2.75, 3.05) is 6.61 Å². The average molecular weight is 524 g/mol. The molecular formula is C29H27ClFNO5. The SMILES string of the molecule is CCCCCOc1ccc(/C(O)=C2/C(=O)C(=O)N(Cc3ccc(F)cc3)C2c2ccc(O)c(Cl)c2)cc1. The van der Waals surface area contributed by atoms with Crippen LogP contribution < -0.4 is 4.74 Å². The molecule has 1 fully saturated rings. The molecule has 1 amide bonds. The van der Waals surface area contributed by atoms with Crippen LogP contribution in [0.3, 0.4) is 0 Å². The molecule has 1 saturated heterocycles. The maximum Gasteiger partial charge on any atom is 0.295 e. The summed E-state index contributed by atoms with van der Waals surface area (Å²) in [5.74, 6) is -1.96. The van der Waals surface area contributed by atoms with Crippen LogP contribution in [0.4, 0.5) is 4.39 Å². The van der Waals surface area contributed by atoms with Crippen LogP contribution in [-0.2, 0) is 16.1 Å². The lowest BCUT2D eigenvalue weighted by atomic mass is 9.95. The summed E-state index contributed by atoms with van der Waals surface area (Å²) in [6.07, 6.45) is 3.09. The Balaban J connectivity index is 1.72. The topological polar surface area (TPSA) is 87.1 Å². The maximum atomic E-state index is 13.4. The summed E-state index contributed by atoms with van der Waals surface area (Å²) in [4.78, 5) is 27.6. The summed E-state index contributed by atoms with van der Waals surface area (Å²) >= 11 is 6.14. The summed E-state index contributed by atoms with van der Waals surface area (Å²) in [6, 6.07) is 15.6. The zero-order valence-corrected chi connectivity index (χ0v) is 21.0. The molecule has 37 heavy (non-hydrogen) atoms. The molecule has 0 aliphatic carbocycles. The van der Waals surface area contributed by atoms with Crippen molar-refractivity contribution in [3.05, 3.63) is 99.8 Å². The van der Waals surface area contributed by atoms with Gasteiger partial charge in [0.2, 0.25) is 0 Å². The Labute approximate surface area is 219 Å². The molecule has 1 aliphatic heterocycles. The van der Waals surface area contributed by atoms with Crippen molar-refractivity contribution in [3.8, 4) is 11.5 Å². The lowest BCUT2D eigenvalue weighted by Crippen LogP contribution is -2.29. The quantitative estimate of drug-likeness (QED) is 0.147. The molecule has 0 saturated carbocycles. The van der Waals surface area contributed by atoms with E-state index in [0.29, 0.717) is 29.0 Å². The molecule has 3 aromatic carbocycles. The van der Waals surface area contributed by atoms with Crippen LogP contribution in [0.1, 0.15) is 48.9 Å². The number of hydrogen-bond acceptors (Lipinski definition) is 5. The van der Waals surface area contributed by atoms with Crippen LogP contribution in [0, 0.1) is 5.82 Å². The van der Waals surface area contributed by atoms with Gasteiger partial charge < -0.3 is 19.8 Å². The van der Waals surface area contributed by atoms with Crippen LogP contribution in [0.25, 0.3) is 5.76 Å². The zero-order chi connectivity index (χ0) is 26.5. The molecule has 2 N–H and O–H groups in total. The third-order valence-corrected chi connectivity index (χ3v) is 6.54. The lowest BCUT2D eigenvalue weighted by Gasteiger charge is -2.25. The van der Waals surface area contributed by atoms with Crippen molar-refractivity contribution in [1.82, 2.24) is 4.90 Å². The fraction of sp³-hybridized carbons (Fsp3) is 0.241. The number of aromatic hydroxyl groups is 1. The van der Waals surface area contributed by atoms with E-state index in [-0.39, 0.29) is 28.6 Å². The summed E-state index contributed by atoms with van der Waals surface area (Å²) in [6.45, 7) is 2.69. The van der Waals surface area contributed by atoms with E-state index in [0.717, 1.165) is 19.3 Å². The predicted molar refractivity (Wildman–Crippen MR) is 139 cm³/mol. The summed E-state index contributed by atoms with van der Waals surface area (Å²) in [7, 11) is 0. The van der Waals surface area contributed by atoms with E-state index >= 15 is 0 Å². The Morgan fingerprint density at radius 2 is 1.73 bits per heavy atom. The number of benzene rings is 3. The first-order valence-corrected chi connectivity index (χ1v) is 12.4. The number of rotatable bonds is 9. The van der Waals surface area contributed by atoms with Gasteiger partial charge in [-0.15, -0.1) is 0 Å². The van der Waals surface area contributed by atoms with Gasteiger partial charge in [-0.1, -0.05) is 49.6 Å². The van der Waals surface area contributed by atoms with Gasteiger partial charge in [-0.05, 0) is 66.1 Å². The Morgan fingerprint density at radius 1 is 1.03 bits per heavy atom. The van der Waals surface area contributed by atoms with Gasteiger partial charge >= 0.3 is 0 Å². The zero-order valence-electron chi connectivity index (χ0n) is 20.3. The number of unbranched alkanes of at least 4 members (excludes halogenated alkanes) is 2. The van der Waals surface area contributed by atoms with E-state index in [9.17, 15) is 24.2 Å². The van der Waals surface area contributed by atoms with E-state index in [1.807, 2.05) is 0 Å². The molecule has 0 radical (unpaired) electrons. The van der Waals surface area contributed by atoms with Crippen LogP contribution in [0.5, 0.6) is 11.5 Å². The molecule has 8 heteroatoms. The molecule has 3 aromatic rings.